The lowest BCUT2D eigenvalue weighted by atomic mass is 10.1. The fraction of sp³-hybridized carbons (Fsp3) is 0.480. The molecular weight excluding hydrogens is 458 g/mol. The number of rotatable bonds is 6. The molecule has 1 N–H and O–H groups in total. The molecule has 2 fully saturated rings. The van der Waals surface area contributed by atoms with E-state index in [2.05, 4.69) is 5.32 Å². The first-order valence-electron chi connectivity index (χ1n) is 11.6. The highest BCUT2D eigenvalue weighted by Gasteiger charge is 2.53. The molecule has 0 bridgehead atoms. The lowest BCUT2D eigenvalue weighted by Crippen LogP contribution is -2.47. The molecule has 0 saturated heterocycles. The molecule has 8 heteroatoms. The Bertz CT molecular complexity index is 1250. The second kappa shape index (κ2) is 8.87. The molecule has 0 radical (unpaired) electrons. The van der Waals surface area contributed by atoms with Gasteiger partial charge in [0, 0.05) is 5.69 Å². The second-order valence-electron chi connectivity index (χ2n) is 9.40. The molecule has 2 aliphatic rings. The smallest absolute Gasteiger partial charge is 0.246 e. The van der Waals surface area contributed by atoms with E-state index in [9.17, 15) is 21.6 Å². The average Bonchev–Trinajstić information content (AvgIpc) is 3.49. The first-order valence-corrected chi connectivity index (χ1v) is 14.6. The zero-order chi connectivity index (χ0) is 23.9. The Morgan fingerprint density at radius 1 is 0.879 bits per heavy atom. The molecular formula is C25H31NO5S2. The molecule has 0 aliphatic heterocycles. The Labute approximate surface area is 196 Å². The molecule has 0 spiro atoms. The van der Waals surface area contributed by atoms with Crippen LogP contribution in [0, 0.1) is 13.8 Å². The first-order chi connectivity index (χ1) is 15.6. The standard InChI is InChI=1S/C25H31NO5S2/c1-18-9-10-19(2)23(17-18)33(30,31)25(15-5-6-16-25)24(27)26-20-11-13-22(14-12-20)32(28,29)21-7-3-4-8-21/h9-14,17,21H,3-8,15-16H2,1-2H3,(H,26,27). The summed E-state index contributed by atoms with van der Waals surface area (Å²) in [6.45, 7) is 3.58. The first kappa shape index (κ1) is 24.0. The molecule has 2 aliphatic carbocycles. The fourth-order valence-corrected chi connectivity index (χ4v) is 9.36. The summed E-state index contributed by atoms with van der Waals surface area (Å²) in [7, 11) is -7.31. The number of carbonyl (C=O) groups is 1. The quantitative estimate of drug-likeness (QED) is 0.632. The Hall–Kier alpha value is -2.19. The highest BCUT2D eigenvalue weighted by Crippen LogP contribution is 2.42. The minimum atomic E-state index is -3.92. The van der Waals surface area contributed by atoms with Crippen molar-refractivity contribution in [1.82, 2.24) is 0 Å². The van der Waals surface area contributed by atoms with E-state index in [1.807, 2.05) is 13.0 Å². The molecule has 4 rings (SSSR count). The number of benzene rings is 2. The average molecular weight is 490 g/mol. The Morgan fingerprint density at radius 2 is 1.48 bits per heavy atom. The number of carbonyl (C=O) groups excluding carboxylic acids is 1. The molecule has 0 atom stereocenters. The molecule has 2 aromatic carbocycles. The zero-order valence-corrected chi connectivity index (χ0v) is 20.8. The Morgan fingerprint density at radius 3 is 2.09 bits per heavy atom. The summed E-state index contributed by atoms with van der Waals surface area (Å²) in [4.78, 5) is 13.9. The molecule has 33 heavy (non-hydrogen) atoms. The lowest BCUT2D eigenvalue weighted by Gasteiger charge is -2.28. The van der Waals surface area contributed by atoms with Crippen molar-refractivity contribution in [3.63, 3.8) is 0 Å². The third-order valence-electron chi connectivity index (χ3n) is 7.15. The van der Waals surface area contributed by atoms with E-state index in [4.69, 9.17) is 0 Å². The van der Waals surface area contributed by atoms with Crippen LogP contribution in [-0.4, -0.2) is 32.7 Å². The van der Waals surface area contributed by atoms with Gasteiger partial charge in [0.15, 0.2) is 24.4 Å². The van der Waals surface area contributed by atoms with Crippen molar-refractivity contribution >= 4 is 31.3 Å². The van der Waals surface area contributed by atoms with Gasteiger partial charge in [-0.05, 0) is 81.0 Å². The maximum absolute atomic E-state index is 13.8. The zero-order valence-electron chi connectivity index (χ0n) is 19.1. The Kier molecular flexibility index (Phi) is 6.44. The predicted molar refractivity (Wildman–Crippen MR) is 129 cm³/mol. The normalized spacial score (nSPS) is 19.0. The number of sulfone groups is 2. The van der Waals surface area contributed by atoms with Gasteiger partial charge in [-0.25, -0.2) is 16.8 Å². The van der Waals surface area contributed by atoms with Gasteiger partial charge < -0.3 is 5.32 Å². The van der Waals surface area contributed by atoms with Crippen LogP contribution in [0.25, 0.3) is 0 Å². The Balaban J connectivity index is 1.61. The van der Waals surface area contributed by atoms with E-state index in [0.717, 1.165) is 18.4 Å². The fourth-order valence-electron chi connectivity index (χ4n) is 5.14. The summed E-state index contributed by atoms with van der Waals surface area (Å²) in [6.07, 6.45) is 5.07. The molecule has 0 aromatic heterocycles. The molecule has 6 nitrogen and oxygen atoms in total. The van der Waals surface area contributed by atoms with Gasteiger partial charge in [0.2, 0.25) is 5.91 Å². The van der Waals surface area contributed by atoms with Crippen LogP contribution in [0.3, 0.4) is 0 Å². The summed E-state index contributed by atoms with van der Waals surface area (Å²) >= 11 is 0. The van der Waals surface area contributed by atoms with Gasteiger partial charge in [0.1, 0.15) is 0 Å². The highest BCUT2D eigenvalue weighted by atomic mass is 32.2. The van der Waals surface area contributed by atoms with Crippen LogP contribution >= 0.6 is 0 Å². The molecule has 2 aromatic rings. The maximum Gasteiger partial charge on any atom is 0.246 e. The molecule has 178 valence electrons. The van der Waals surface area contributed by atoms with E-state index in [1.165, 1.54) is 12.1 Å². The van der Waals surface area contributed by atoms with E-state index >= 15 is 0 Å². The minimum Gasteiger partial charge on any atom is -0.325 e. The van der Waals surface area contributed by atoms with Gasteiger partial charge in [-0.15, -0.1) is 0 Å². The van der Waals surface area contributed by atoms with Gasteiger partial charge >= 0.3 is 0 Å². The van der Waals surface area contributed by atoms with E-state index in [0.29, 0.717) is 36.9 Å². The van der Waals surface area contributed by atoms with Crippen LogP contribution in [0.5, 0.6) is 0 Å². The van der Waals surface area contributed by atoms with E-state index in [-0.39, 0.29) is 27.9 Å². The number of anilines is 1. The molecule has 2 saturated carbocycles. The van der Waals surface area contributed by atoms with E-state index in [1.54, 1.807) is 31.2 Å². The molecule has 0 unspecified atom stereocenters. The van der Waals surface area contributed by atoms with Crippen molar-refractivity contribution in [2.45, 2.75) is 85.0 Å². The highest BCUT2D eigenvalue weighted by molar-refractivity contribution is 7.93. The van der Waals surface area contributed by atoms with Crippen molar-refractivity contribution in [3.8, 4) is 0 Å². The summed E-state index contributed by atoms with van der Waals surface area (Å²) in [5.74, 6) is -0.549. The predicted octanol–water partition coefficient (Wildman–Crippen LogP) is 4.74. The van der Waals surface area contributed by atoms with Crippen molar-refractivity contribution in [2.75, 3.05) is 5.32 Å². The van der Waals surface area contributed by atoms with Gasteiger partial charge in [-0.2, -0.15) is 0 Å². The number of aryl methyl sites for hydroxylation is 2. The molecule has 1 amide bonds. The maximum atomic E-state index is 13.8. The largest absolute Gasteiger partial charge is 0.325 e. The van der Waals surface area contributed by atoms with Crippen molar-refractivity contribution < 1.29 is 21.6 Å². The van der Waals surface area contributed by atoms with Crippen LogP contribution in [0.1, 0.15) is 62.5 Å². The van der Waals surface area contributed by atoms with Crippen molar-refractivity contribution in [2.24, 2.45) is 0 Å². The van der Waals surface area contributed by atoms with E-state index < -0.39 is 30.3 Å². The third-order valence-corrected chi connectivity index (χ3v) is 12.1. The number of nitrogens with one attached hydrogen (secondary N) is 1. The summed E-state index contributed by atoms with van der Waals surface area (Å²) in [5, 5.41) is 2.42. The van der Waals surface area contributed by atoms with Crippen LogP contribution < -0.4 is 5.32 Å². The van der Waals surface area contributed by atoms with Crippen LogP contribution in [0.2, 0.25) is 0 Å². The van der Waals surface area contributed by atoms with Gasteiger partial charge in [-0.1, -0.05) is 37.8 Å². The summed E-state index contributed by atoms with van der Waals surface area (Å²) < 4.78 is 51.6. The van der Waals surface area contributed by atoms with Crippen molar-refractivity contribution in [3.05, 3.63) is 53.6 Å². The summed E-state index contributed by atoms with van der Waals surface area (Å²) in [6, 6.07) is 11.4. The van der Waals surface area contributed by atoms with Crippen LogP contribution in [0.15, 0.2) is 52.3 Å². The topological polar surface area (TPSA) is 97.4 Å². The van der Waals surface area contributed by atoms with Gasteiger partial charge in [0.05, 0.1) is 15.0 Å². The molecule has 0 heterocycles. The second-order valence-corrected chi connectivity index (χ2v) is 13.9. The van der Waals surface area contributed by atoms with Gasteiger partial charge in [0.25, 0.3) is 0 Å². The van der Waals surface area contributed by atoms with Gasteiger partial charge in [-0.3, -0.25) is 4.79 Å². The third kappa shape index (κ3) is 4.23. The van der Waals surface area contributed by atoms with Crippen molar-refractivity contribution in [1.29, 1.82) is 0 Å². The van der Waals surface area contributed by atoms with Crippen LogP contribution in [0.4, 0.5) is 5.69 Å². The monoisotopic (exact) mass is 489 g/mol. The minimum absolute atomic E-state index is 0.206. The number of amides is 1. The van der Waals surface area contributed by atoms with Crippen LogP contribution in [-0.2, 0) is 24.5 Å². The number of hydrogen-bond donors (Lipinski definition) is 1. The SMILES string of the molecule is Cc1ccc(C)c(S(=O)(=O)C2(C(=O)Nc3ccc(S(=O)(=O)C4CCCC4)cc3)CCCC2)c1. The number of hydrogen-bond acceptors (Lipinski definition) is 5. The lowest BCUT2D eigenvalue weighted by molar-refractivity contribution is -0.118. The summed E-state index contributed by atoms with van der Waals surface area (Å²) in [5.41, 5.74) is 1.85.